The van der Waals surface area contributed by atoms with Crippen molar-refractivity contribution in [3.05, 3.63) is 64.7 Å². The highest BCUT2D eigenvalue weighted by Gasteiger charge is 2.19. The fourth-order valence-electron chi connectivity index (χ4n) is 4.04. The first kappa shape index (κ1) is 19.7. The predicted octanol–water partition coefficient (Wildman–Crippen LogP) is 3.77. The maximum atomic E-state index is 12.7. The van der Waals surface area contributed by atoms with Gasteiger partial charge < -0.3 is 5.11 Å². The van der Waals surface area contributed by atoms with E-state index in [2.05, 4.69) is 5.10 Å². The summed E-state index contributed by atoms with van der Waals surface area (Å²) >= 11 is 0. The van der Waals surface area contributed by atoms with Gasteiger partial charge in [-0.2, -0.15) is 5.10 Å². The van der Waals surface area contributed by atoms with Crippen LogP contribution in [0.25, 0.3) is 33.4 Å². The highest BCUT2D eigenvalue weighted by Crippen LogP contribution is 2.34. The van der Waals surface area contributed by atoms with Crippen LogP contribution in [-0.2, 0) is 24.4 Å². The first-order chi connectivity index (χ1) is 14.4. The summed E-state index contributed by atoms with van der Waals surface area (Å²) in [7, 11) is 0. The van der Waals surface area contributed by atoms with Crippen molar-refractivity contribution in [1.82, 2.24) is 18.9 Å². The second-order valence-corrected chi connectivity index (χ2v) is 7.30. The van der Waals surface area contributed by atoms with Crippen molar-refractivity contribution in [2.45, 2.75) is 40.4 Å². The number of aromatic nitrogens is 4. The van der Waals surface area contributed by atoms with Gasteiger partial charge >= 0.3 is 11.7 Å². The molecule has 154 valence electrons. The number of hydrogen-bond acceptors (Lipinski definition) is 3. The van der Waals surface area contributed by atoms with Gasteiger partial charge in [0.25, 0.3) is 0 Å². The molecule has 4 aromatic rings. The minimum Gasteiger partial charge on any atom is -0.480 e. The third-order valence-corrected chi connectivity index (χ3v) is 5.38. The summed E-state index contributed by atoms with van der Waals surface area (Å²) < 4.78 is 5.04. The van der Waals surface area contributed by atoms with Gasteiger partial charge in [0.1, 0.15) is 6.54 Å². The van der Waals surface area contributed by atoms with Crippen molar-refractivity contribution in [2.75, 3.05) is 0 Å². The molecule has 0 amide bonds. The zero-order valence-electron chi connectivity index (χ0n) is 17.3. The number of aliphatic carboxylic acids is 1. The fourth-order valence-corrected chi connectivity index (χ4v) is 4.04. The number of hydrogen-bond donors (Lipinski definition) is 1. The Hall–Kier alpha value is -3.61. The van der Waals surface area contributed by atoms with Gasteiger partial charge in [0, 0.05) is 24.2 Å². The number of carboxylic acids is 1. The molecule has 7 heteroatoms. The molecule has 0 spiro atoms. The molecule has 0 fully saturated rings. The average Bonchev–Trinajstić information content (AvgIpc) is 3.24. The van der Waals surface area contributed by atoms with Gasteiger partial charge in [-0.1, -0.05) is 29.8 Å². The molecular formula is C23H24N4O3. The normalized spacial score (nSPS) is 11.3. The van der Waals surface area contributed by atoms with Crippen molar-refractivity contribution in [3.8, 4) is 22.4 Å². The molecule has 0 atom stereocenters. The van der Waals surface area contributed by atoms with Crippen LogP contribution in [0.4, 0.5) is 0 Å². The topological polar surface area (TPSA) is 82.0 Å². The number of benzene rings is 2. The molecule has 1 N–H and O–H groups in total. The molecule has 30 heavy (non-hydrogen) atoms. The summed E-state index contributed by atoms with van der Waals surface area (Å²) in [5, 5.41) is 13.7. The molecule has 0 bridgehead atoms. The Labute approximate surface area is 173 Å². The van der Waals surface area contributed by atoms with E-state index in [9.17, 15) is 14.7 Å². The number of carboxylic acid groups (broad SMARTS) is 1. The minimum absolute atomic E-state index is 0.0207. The smallest absolute Gasteiger partial charge is 0.329 e. The largest absolute Gasteiger partial charge is 0.480 e. The summed E-state index contributed by atoms with van der Waals surface area (Å²) in [5.41, 5.74) is 6.20. The van der Waals surface area contributed by atoms with Crippen molar-refractivity contribution < 1.29 is 9.90 Å². The van der Waals surface area contributed by atoms with E-state index in [4.69, 9.17) is 0 Å². The highest BCUT2D eigenvalue weighted by molar-refractivity contribution is 5.88. The van der Waals surface area contributed by atoms with Crippen LogP contribution in [0, 0.1) is 6.92 Å². The second kappa shape index (κ2) is 7.67. The van der Waals surface area contributed by atoms with E-state index >= 15 is 0 Å². The summed E-state index contributed by atoms with van der Waals surface area (Å²) in [5.74, 6) is -0.950. The third-order valence-electron chi connectivity index (χ3n) is 5.38. The molecule has 7 nitrogen and oxygen atoms in total. The Morgan fingerprint density at radius 1 is 1.00 bits per heavy atom. The van der Waals surface area contributed by atoms with Crippen molar-refractivity contribution >= 4 is 17.0 Å². The van der Waals surface area contributed by atoms with Crippen LogP contribution in [0.15, 0.2) is 53.5 Å². The van der Waals surface area contributed by atoms with Crippen LogP contribution in [0.3, 0.4) is 0 Å². The molecule has 0 radical (unpaired) electrons. The van der Waals surface area contributed by atoms with E-state index in [0.717, 1.165) is 39.0 Å². The lowest BCUT2D eigenvalue weighted by molar-refractivity contribution is -0.137. The van der Waals surface area contributed by atoms with Crippen LogP contribution in [-0.4, -0.2) is 30.0 Å². The molecule has 0 aliphatic carbocycles. The van der Waals surface area contributed by atoms with Gasteiger partial charge in [0.15, 0.2) is 0 Å². The van der Waals surface area contributed by atoms with Crippen LogP contribution in [0.2, 0.25) is 0 Å². The van der Waals surface area contributed by atoms with E-state index in [1.165, 1.54) is 4.68 Å². The maximum Gasteiger partial charge on any atom is 0.329 e. The molecule has 0 unspecified atom stereocenters. The first-order valence-corrected chi connectivity index (χ1v) is 10.0. The molecule has 2 aromatic carbocycles. The van der Waals surface area contributed by atoms with Crippen molar-refractivity contribution in [1.29, 1.82) is 0 Å². The van der Waals surface area contributed by atoms with Gasteiger partial charge in [-0.3, -0.25) is 18.6 Å². The zero-order chi connectivity index (χ0) is 21.4. The van der Waals surface area contributed by atoms with E-state index in [0.29, 0.717) is 13.1 Å². The molecule has 0 saturated heterocycles. The Morgan fingerprint density at radius 3 is 2.40 bits per heavy atom. The summed E-state index contributed by atoms with van der Waals surface area (Å²) in [6.07, 6.45) is 1.70. The predicted molar refractivity (Wildman–Crippen MR) is 117 cm³/mol. The number of aryl methyl sites for hydroxylation is 3. The maximum absolute atomic E-state index is 12.7. The fraction of sp³-hybridized carbons (Fsp3) is 0.261. The Kier molecular flexibility index (Phi) is 5.03. The van der Waals surface area contributed by atoms with Gasteiger partial charge in [0.2, 0.25) is 0 Å². The van der Waals surface area contributed by atoms with Crippen molar-refractivity contribution in [3.63, 3.8) is 0 Å². The molecule has 0 aliphatic heterocycles. The van der Waals surface area contributed by atoms with E-state index in [-0.39, 0.29) is 12.2 Å². The SMILES string of the molecule is CCn1c(=O)n(CC)c2cc(-c3cnn(CC(=O)O)c3-c3cccc(C)c3)ccc21. The minimum atomic E-state index is -0.950. The number of fused-ring (bicyclic) bond motifs is 1. The number of rotatable bonds is 6. The standard InChI is InChI=1S/C23H24N4O3/c1-4-25-19-10-9-16(12-20(19)26(5-2)23(25)30)18-13-24-27(14-21(28)29)22(18)17-8-6-7-15(3)11-17/h6-13H,4-5,14H2,1-3H3,(H,28,29). The highest BCUT2D eigenvalue weighted by atomic mass is 16.4. The third kappa shape index (κ3) is 3.22. The Balaban J connectivity index is 1.96. The van der Waals surface area contributed by atoms with E-state index in [1.54, 1.807) is 15.3 Å². The lowest BCUT2D eigenvalue weighted by atomic mass is 10.00. The van der Waals surface area contributed by atoms with Crippen LogP contribution in [0.5, 0.6) is 0 Å². The van der Waals surface area contributed by atoms with Crippen LogP contribution < -0.4 is 5.69 Å². The lowest BCUT2D eigenvalue weighted by Crippen LogP contribution is -2.22. The van der Waals surface area contributed by atoms with E-state index < -0.39 is 5.97 Å². The lowest BCUT2D eigenvalue weighted by Gasteiger charge is -2.10. The van der Waals surface area contributed by atoms with E-state index in [1.807, 2.05) is 63.2 Å². The molecular weight excluding hydrogens is 380 g/mol. The summed E-state index contributed by atoms with van der Waals surface area (Å²) in [6.45, 7) is 6.87. The van der Waals surface area contributed by atoms with Gasteiger partial charge in [0.05, 0.1) is 22.9 Å². The summed E-state index contributed by atoms with van der Waals surface area (Å²) in [4.78, 5) is 24.1. The average molecular weight is 404 g/mol. The Bertz CT molecular complexity index is 1310. The Morgan fingerprint density at radius 2 is 1.73 bits per heavy atom. The second-order valence-electron chi connectivity index (χ2n) is 7.30. The monoisotopic (exact) mass is 404 g/mol. The molecule has 2 heterocycles. The molecule has 0 saturated carbocycles. The van der Waals surface area contributed by atoms with Crippen LogP contribution in [0.1, 0.15) is 19.4 Å². The first-order valence-electron chi connectivity index (χ1n) is 10.0. The van der Waals surface area contributed by atoms with Crippen LogP contribution >= 0.6 is 0 Å². The quantitative estimate of drug-likeness (QED) is 0.530. The summed E-state index contributed by atoms with van der Waals surface area (Å²) in [6, 6.07) is 13.8. The molecule has 0 aliphatic rings. The zero-order valence-corrected chi connectivity index (χ0v) is 17.3. The van der Waals surface area contributed by atoms with Gasteiger partial charge in [-0.05, 0) is 44.5 Å². The van der Waals surface area contributed by atoms with Gasteiger partial charge in [-0.25, -0.2) is 4.79 Å². The number of carbonyl (C=O) groups is 1. The molecule has 4 rings (SSSR count). The number of nitrogens with zero attached hydrogens (tertiary/aromatic N) is 4. The van der Waals surface area contributed by atoms with Crippen molar-refractivity contribution in [2.24, 2.45) is 0 Å². The number of imidazole rings is 1. The molecule has 2 aromatic heterocycles. The van der Waals surface area contributed by atoms with Gasteiger partial charge in [-0.15, -0.1) is 0 Å².